The molecule has 1 rings (SSSR count). The van der Waals surface area contributed by atoms with Crippen molar-refractivity contribution in [3.05, 3.63) is 29.2 Å². The molecule has 0 aliphatic heterocycles. The Kier molecular flexibility index (Phi) is 1.75. The maximum Gasteiger partial charge on any atom is 0.0194 e. The van der Waals surface area contributed by atoms with Gasteiger partial charge in [0.1, 0.15) is 0 Å². The van der Waals surface area contributed by atoms with E-state index in [0.717, 1.165) is 6.42 Å². The van der Waals surface area contributed by atoms with Gasteiger partial charge in [-0.1, -0.05) is 37.1 Å². The smallest absolute Gasteiger partial charge is 0.0194 e. The van der Waals surface area contributed by atoms with E-state index in [1.807, 2.05) is 0 Å². The maximum absolute atomic E-state index is 2.26. The molecule has 0 aromatic rings. The van der Waals surface area contributed by atoms with Crippen molar-refractivity contribution in [2.24, 2.45) is 0 Å². The second kappa shape index (κ2) is 2.38. The van der Waals surface area contributed by atoms with E-state index in [1.165, 1.54) is 17.1 Å². The predicted molar refractivity (Wildman–Crippen MR) is 41.0 cm³/mol. The standard InChI is InChI=1S/C9H13/c1-4-9-5-7(2)8(3)6-9/h5-6H,4H2,1-3H3. The van der Waals surface area contributed by atoms with Gasteiger partial charge in [0, 0.05) is 5.92 Å². The highest BCUT2D eigenvalue weighted by Gasteiger charge is 2.08. The molecule has 0 unspecified atom stereocenters. The van der Waals surface area contributed by atoms with Crippen LogP contribution in [0.5, 0.6) is 0 Å². The van der Waals surface area contributed by atoms with Crippen LogP contribution in [-0.4, -0.2) is 0 Å². The van der Waals surface area contributed by atoms with Crippen LogP contribution in [-0.2, 0) is 0 Å². The van der Waals surface area contributed by atoms with Gasteiger partial charge in [-0.25, -0.2) is 0 Å². The second-order valence-electron chi connectivity index (χ2n) is 2.58. The summed E-state index contributed by atoms with van der Waals surface area (Å²) in [5.74, 6) is 1.42. The number of hydrogen-bond acceptors (Lipinski definition) is 0. The van der Waals surface area contributed by atoms with Gasteiger partial charge in [-0.2, -0.15) is 0 Å². The quantitative estimate of drug-likeness (QED) is 0.500. The lowest BCUT2D eigenvalue weighted by molar-refractivity contribution is 1.15. The Hall–Kier alpha value is -0.520. The normalized spacial score (nSPS) is 19.9. The Morgan fingerprint density at radius 1 is 1.22 bits per heavy atom. The topological polar surface area (TPSA) is 0 Å². The second-order valence-corrected chi connectivity index (χ2v) is 2.58. The van der Waals surface area contributed by atoms with Crippen LogP contribution in [0.4, 0.5) is 0 Å². The van der Waals surface area contributed by atoms with Crippen LogP contribution >= 0.6 is 0 Å². The molecule has 0 fully saturated rings. The van der Waals surface area contributed by atoms with E-state index in [2.05, 4.69) is 32.9 Å². The van der Waals surface area contributed by atoms with E-state index in [4.69, 9.17) is 0 Å². The maximum atomic E-state index is 2.26. The van der Waals surface area contributed by atoms with E-state index in [0.29, 0.717) is 0 Å². The highest BCUT2D eigenvalue weighted by molar-refractivity contribution is 5.45. The predicted octanol–water partition coefficient (Wildman–Crippen LogP) is 2.88. The number of allylic oxidation sites excluding steroid dienone is 4. The lowest BCUT2D eigenvalue weighted by Crippen LogP contribution is -1.80. The SMILES string of the molecule is CCC1=C[C](C)C(C)=C1. The van der Waals surface area contributed by atoms with Gasteiger partial charge in [0.05, 0.1) is 0 Å². The van der Waals surface area contributed by atoms with Crippen LogP contribution in [0.25, 0.3) is 0 Å². The Balaban J connectivity index is 2.70. The molecular formula is C9H13. The molecule has 0 nitrogen and oxygen atoms in total. The first kappa shape index (κ1) is 6.60. The summed E-state index contributed by atoms with van der Waals surface area (Å²) in [6.45, 7) is 6.51. The Labute approximate surface area is 57.3 Å². The van der Waals surface area contributed by atoms with Crippen molar-refractivity contribution in [1.29, 1.82) is 0 Å². The van der Waals surface area contributed by atoms with Crippen LogP contribution in [0.1, 0.15) is 27.2 Å². The molecule has 0 aromatic carbocycles. The molecule has 0 atom stereocenters. The van der Waals surface area contributed by atoms with Gasteiger partial charge in [-0.15, -0.1) is 0 Å². The third-order valence-corrected chi connectivity index (χ3v) is 1.83. The molecule has 0 saturated carbocycles. The van der Waals surface area contributed by atoms with Crippen molar-refractivity contribution >= 4 is 0 Å². The average molecular weight is 121 g/mol. The monoisotopic (exact) mass is 121 g/mol. The number of rotatable bonds is 1. The zero-order valence-electron chi connectivity index (χ0n) is 6.36. The molecule has 49 valence electrons. The van der Waals surface area contributed by atoms with Crippen LogP contribution in [0.3, 0.4) is 0 Å². The highest BCUT2D eigenvalue weighted by Crippen LogP contribution is 2.26. The first-order chi connectivity index (χ1) is 4.24. The van der Waals surface area contributed by atoms with Crippen molar-refractivity contribution < 1.29 is 0 Å². The van der Waals surface area contributed by atoms with E-state index in [9.17, 15) is 0 Å². The van der Waals surface area contributed by atoms with Crippen molar-refractivity contribution in [1.82, 2.24) is 0 Å². The summed E-state index contributed by atoms with van der Waals surface area (Å²) in [5, 5.41) is 0. The van der Waals surface area contributed by atoms with Gasteiger partial charge in [-0.3, -0.25) is 0 Å². The lowest BCUT2D eigenvalue weighted by Gasteiger charge is -1.95. The van der Waals surface area contributed by atoms with Gasteiger partial charge in [0.2, 0.25) is 0 Å². The summed E-state index contributed by atoms with van der Waals surface area (Å²) in [6, 6.07) is 0. The molecule has 1 aliphatic carbocycles. The van der Waals surface area contributed by atoms with Gasteiger partial charge in [0.25, 0.3) is 0 Å². The van der Waals surface area contributed by atoms with Crippen LogP contribution in [0.2, 0.25) is 0 Å². The van der Waals surface area contributed by atoms with E-state index >= 15 is 0 Å². The minimum atomic E-state index is 1.16. The zero-order valence-corrected chi connectivity index (χ0v) is 6.36. The Morgan fingerprint density at radius 3 is 2.11 bits per heavy atom. The first-order valence-corrected chi connectivity index (χ1v) is 3.47. The van der Waals surface area contributed by atoms with Crippen LogP contribution in [0, 0.1) is 5.92 Å². The molecule has 0 spiro atoms. The fourth-order valence-electron chi connectivity index (χ4n) is 1.03. The molecule has 0 N–H and O–H groups in total. The third-order valence-electron chi connectivity index (χ3n) is 1.83. The Bertz CT molecular complexity index is 161. The highest BCUT2D eigenvalue weighted by atomic mass is 14.1. The van der Waals surface area contributed by atoms with Crippen molar-refractivity contribution in [2.75, 3.05) is 0 Å². The third kappa shape index (κ3) is 1.24. The molecule has 0 heteroatoms. The average Bonchev–Trinajstić information content (AvgIpc) is 2.13. The molecular weight excluding hydrogens is 108 g/mol. The molecule has 1 aliphatic rings. The minimum Gasteiger partial charge on any atom is -0.0702 e. The summed E-state index contributed by atoms with van der Waals surface area (Å²) >= 11 is 0. The molecule has 0 aromatic heterocycles. The lowest BCUT2D eigenvalue weighted by atomic mass is 10.1. The summed E-state index contributed by atoms with van der Waals surface area (Å²) < 4.78 is 0. The minimum absolute atomic E-state index is 1.16. The fraction of sp³-hybridized carbons (Fsp3) is 0.444. The van der Waals surface area contributed by atoms with Crippen molar-refractivity contribution in [3.8, 4) is 0 Å². The number of hydrogen-bond donors (Lipinski definition) is 0. The van der Waals surface area contributed by atoms with Crippen LogP contribution < -0.4 is 0 Å². The summed E-state index contributed by atoms with van der Waals surface area (Å²) in [6.07, 6.45) is 5.68. The molecule has 0 bridgehead atoms. The molecule has 0 saturated heterocycles. The van der Waals surface area contributed by atoms with E-state index < -0.39 is 0 Å². The zero-order chi connectivity index (χ0) is 6.85. The summed E-state index contributed by atoms with van der Waals surface area (Å²) in [7, 11) is 0. The fourth-order valence-corrected chi connectivity index (χ4v) is 1.03. The van der Waals surface area contributed by atoms with Crippen molar-refractivity contribution in [3.63, 3.8) is 0 Å². The van der Waals surface area contributed by atoms with Gasteiger partial charge in [-0.05, 0) is 13.3 Å². The van der Waals surface area contributed by atoms with E-state index in [-0.39, 0.29) is 0 Å². The molecule has 9 heavy (non-hydrogen) atoms. The largest absolute Gasteiger partial charge is 0.0702 e. The Morgan fingerprint density at radius 2 is 1.89 bits per heavy atom. The van der Waals surface area contributed by atoms with E-state index in [1.54, 1.807) is 0 Å². The summed E-state index contributed by atoms with van der Waals surface area (Å²) in [4.78, 5) is 0. The van der Waals surface area contributed by atoms with Gasteiger partial charge >= 0.3 is 0 Å². The summed E-state index contributed by atoms with van der Waals surface area (Å²) in [5.41, 5.74) is 2.89. The first-order valence-electron chi connectivity index (χ1n) is 3.47. The molecule has 1 radical (unpaired) electrons. The van der Waals surface area contributed by atoms with Gasteiger partial charge < -0.3 is 0 Å². The van der Waals surface area contributed by atoms with Gasteiger partial charge in [0.15, 0.2) is 0 Å². The molecule has 0 heterocycles. The van der Waals surface area contributed by atoms with Crippen LogP contribution in [0.15, 0.2) is 23.3 Å². The molecule has 0 amide bonds. The van der Waals surface area contributed by atoms with Crippen molar-refractivity contribution in [2.45, 2.75) is 27.2 Å².